The summed E-state index contributed by atoms with van der Waals surface area (Å²) in [7, 11) is 0. The molecule has 2 heterocycles. The molecule has 0 aliphatic carbocycles. The lowest BCUT2D eigenvalue weighted by Crippen LogP contribution is -2.20. The van der Waals surface area contributed by atoms with Crippen molar-refractivity contribution in [2.45, 2.75) is 26.4 Å². The van der Waals surface area contributed by atoms with Gasteiger partial charge in [0.15, 0.2) is 11.3 Å². The lowest BCUT2D eigenvalue weighted by molar-refractivity contribution is -0.141. The van der Waals surface area contributed by atoms with Crippen molar-refractivity contribution in [3.05, 3.63) is 64.4 Å². The molecule has 0 radical (unpaired) electrons. The number of hydrogen-bond acceptors (Lipinski definition) is 7. The van der Waals surface area contributed by atoms with Crippen LogP contribution in [-0.4, -0.2) is 29.6 Å². The first kappa shape index (κ1) is 20.3. The van der Waals surface area contributed by atoms with Crippen molar-refractivity contribution in [1.82, 2.24) is 4.90 Å². The van der Waals surface area contributed by atoms with Gasteiger partial charge in [-0.3, -0.25) is 4.79 Å². The van der Waals surface area contributed by atoms with E-state index >= 15 is 0 Å². The van der Waals surface area contributed by atoms with Crippen LogP contribution in [0.1, 0.15) is 20.8 Å². The van der Waals surface area contributed by atoms with Gasteiger partial charge in [0.25, 0.3) is 0 Å². The quantitative estimate of drug-likeness (QED) is 0.423. The second-order valence-corrected chi connectivity index (χ2v) is 6.39. The van der Waals surface area contributed by atoms with E-state index < -0.39 is 5.60 Å². The van der Waals surface area contributed by atoms with E-state index in [-0.39, 0.29) is 29.5 Å². The number of carbonyl (C=O) groups excluding carboxylic acids is 1. The third-order valence-corrected chi connectivity index (χ3v) is 3.99. The first-order valence-corrected chi connectivity index (χ1v) is 8.43. The second-order valence-electron chi connectivity index (χ2n) is 6.39. The largest absolute Gasteiger partial charge is 0.480 e. The zero-order chi connectivity index (χ0) is 20.7. The summed E-state index contributed by atoms with van der Waals surface area (Å²) < 4.78 is 10.6. The van der Waals surface area contributed by atoms with Gasteiger partial charge in [-0.1, -0.05) is 0 Å². The van der Waals surface area contributed by atoms with E-state index in [9.17, 15) is 10.1 Å². The summed E-state index contributed by atoms with van der Waals surface area (Å²) in [4.78, 5) is 12.6. The Hall–Kier alpha value is -3.98. The molecule has 0 amide bonds. The van der Waals surface area contributed by atoms with Gasteiger partial charge < -0.3 is 14.4 Å². The monoisotopic (exact) mass is 374 g/mol. The summed E-state index contributed by atoms with van der Waals surface area (Å²) in [5, 5.41) is 27.7. The predicted molar refractivity (Wildman–Crippen MR) is 99.3 cm³/mol. The summed E-state index contributed by atoms with van der Waals surface area (Å²) >= 11 is 0. The van der Waals surface area contributed by atoms with Crippen LogP contribution >= 0.6 is 0 Å². The van der Waals surface area contributed by atoms with Crippen molar-refractivity contribution in [3.8, 4) is 18.2 Å². The van der Waals surface area contributed by atoms with Gasteiger partial charge in [0.1, 0.15) is 36.0 Å². The Morgan fingerprint density at radius 1 is 1.25 bits per heavy atom. The Morgan fingerprint density at radius 2 is 1.89 bits per heavy atom. The average Bonchev–Trinajstić information content (AvgIpc) is 2.91. The Balaban J connectivity index is 2.29. The van der Waals surface area contributed by atoms with E-state index in [1.54, 1.807) is 32.1 Å². The van der Waals surface area contributed by atoms with Gasteiger partial charge >= 0.3 is 5.97 Å². The predicted octanol–water partition coefficient (Wildman–Crippen LogP) is 2.90. The van der Waals surface area contributed by atoms with E-state index in [1.807, 2.05) is 35.5 Å². The van der Waals surface area contributed by atoms with Crippen LogP contribution in [-0.2, 0) is 14.3 Å². The Kier molecular flexibility index (Phi) is 6.25. The lowest BCUT2D eigenvalue weighted by atomic mass is 9.95. The first-order chi connectivity index (χ1) is 13.3. The number of carbonyl (C=O) groups is 1. The highest BCUT2D eigenvalue weighted by atomic mass is 16.5. The van der Waals surface area contributed by atoms with Crippen LogP contribution in [0.25, 0.3) is 0 Å². The van der Waals surface area contributed by atoms with E-state index in [4.69, 9.17) is 20.0 Å². The highest BCUT2D eigenvalue weighted by molar-refractivity contribution is 5.65. The molecule has 0 aromatic heterocycles. The molecule has 0 spiro atoms. The summed E-state index contributed by atoms with van der Waals surface area (Å²) in [6, 6.07) is 5.54. The van der Waals surface area contributed by atoms with E-state index in [1.165, 1.54) is 6.92 Å². The number of allylic oxidation sites excluding steroid dienone is 4. The van der Waals surface area contributed by atoms with Gasteiger partial charge in [-0.15, -0.1) is 5.73 Å². The van der Waals surface area contributed by atoms with Crippen molar-refractivity contribution < 1.29 is 14.3 Å². The van der Waals surface area contributed by atoms with Gasteiger partial charge in [-0.05, 0) is 32.1 Å². The van der Waals surface area contributed by atoms with Crippen LogP contribution in [0.3, 0.4) is 0 Å². The molecule has 0 aromatic rings. The van der Waals surface area contributed by atoms with E-state index in [0.717, 1.165) is 5.57 Å². The minimum Gasteiger partial charge on any atom is -0.480 e. The minimum atomic E-state index is -0.870. The van der Waals surface area contributed by atoms with E-state index in [0.29, 0.717) is 12.1 Å². The number of nitrogens with zero attached hydrogens (tertiary/aromatic N) is 4. The van der Waals surface area contributed by atoms with Gasteiger partial charge in [0.2, 0.25) is 0 Å². The van der Waals surface area contributed by atoms with E-state index in [2.05, 4.69) is 5.73 Å². The number of esters is 1. The van der Waals surface area contributed by atoms with Crippen LogP contribution in [0.15, 0.2) is 64.4 Å². The second kappa shape index (κ2) is 8.60. The highest BCUT2D eigenvalue weighted by Crippen LogP contribution is 2.39. The smallest absolute Gasteiger partial charge is 0.302 e. The van der Waals surface area contributed by atoms with Crippen LogP contribution in [0.5, 0.6) is 0 Å². The van der Waals surface area contributed by atoms with Crippen LogP contribution in [0.4, 0.5) is 0 Å². The topological polar surface area (TPSA) is 110 Å². The average molecular weight is 374 g/mol. The maximum atomic E-state index is 10.8. The fourth-order valence-electron chi connectivity index (χ4n) is 2.60. The lowest BCUT2D eigenvalue weighted by Gasteiger charge is -2.20. The molecule has 28 heavy (non-hydrogen) atoms. The van der Waals surface area contributed by atoms with Crippen molar-refractivity contribution in [2.75, 3.05) is 13.2 Å². The molecule has 2 rings (SSSR count). The molecule has 7 nitrogen and oxygen atoms in total. The molecule has 2 aliphatic rings. The van der Waals surface area contributed by atoms with Gasteiger partial charge in [0.05, 0.1) is 6.54 Å². The van der Waals surface area contributed by atoms with Crippen molar-refractivity contribution in [1.29, 1.82) is 15.8 Å². The minimum absolute atomic E-state index is 0.00178. The molecule has 0 fully saturated rings. The molecular formula is C21H18N4O3. The molecule has 0 atom stereocenters. The number of ether oxygens (including phenoxy) is 2. The van der Waals surface area contributed by atoms with Gasteiger partial charge in [-0.2, -0.15) is 15.8 Å². The van der Waals surface area contributed by atoms with Crippen molar-refractivity contribution >= 4 is 5.97 Å². The third kappa shape index (κ3) is 4.59. The number of rotatable bonds is 4. The maximum Gasteiger partial charge on any atom is 0.302 e. The fourth-order valence-corrected chi connectivity index (χ4v) is 2.60. The van der Waals surface area contributed by atoms with Crippen molar-refractivity contribution in [3.63, 3.8) is 0 Å². The maximum absolute atomic E-state index is 10.8. The normalized spacial score (nSPS) is 16.5. The molecule has 0 N–H and O–H groups in total. The summed E-state index contributed by atoms with van der Waals surface area (Å²) in [5.74, 6) is -0.317. The van der Waals surface area contributed by atoms with Gasteiger partial charge in [0, 0.05) is 30.5 Å². The molecule has 0 unspecified atom stereocenters. The molecule has 140 valence electrons. The SMILES string of the molecule is CC(=O)OCCN1C=CC(=C=CC2=C(C#N)C(=C(C#N)C#N)OC2(C)C)C=C1. The molecule has 0 bridgehead atoms. The highest BCUT2D eigenvalue weighted by Gasteiger charge is 2.38. The molecule has 2 aliphatic heterocycles. The molecule has 0 aromatic carbocycles. The molecule has 7 heteroatoms. The zero-order valence-electron chi connectivity index (χ0n) is 15.8. The summed E-state index contributed by atoms with van der Waals surface area (Å²) in [6.07, 6.45) is 8.93. The van der Waals surface area contributed by atoms with Crippen LogP contribution in [0, 0.1) is 34.0 Å². The van der Waals surface area contributed by atoms with Crippen LogP contribution < -0.4 is 0 Å². The van der Waals surface area contributed by atoms with Crippen molar-refractivity contribution in [2.24, 2.45) is 0 Å². The molecule has 0 saturated heterocycles. The van der Waals surface area contributed by atoms with Gasteiger partial charge in [-0.25, -0.2) is 0 Å². The number of nitriles is 3. The zero-order valence-corrected chi connectivity index (χ0v) is 15.8. The number of hydrogen-bond donors (Lipinski definition) is 0. The summed E-state index contributed by atoms with van der Waals surface area (Å²) in [6.45, 7) is 5.70. The van der Waals surface area contributed by atoms with Crippen LogP contribution in [0.2, 0.25) is 0 Å². The fraction of sp³-hybridized carbons (Fsp3) is 0.286. The Labute approximate surface area is 163 Å². The molecule has 0 saturated carbocycles. The summed E-state index contributed by atoms with van der Waals surface area (Å²) in [5.41, 5.74) is 3.46. The first-order valence-electron chi connectivity index (χ1n) is 8.43. The Bertz CT molecular complexity index is 966. The third-order valence-electron chi connectivity index (χ3n) is 3.99. The Morgan fingerprint density at radius 3 is 2.43 bits per heavy atom. The molecular weight excluding hydrogens is 356 g/mol. The standard InChI is InChI=1S/C21H18N4O3/c1-15(26)27-11-10-25-8-6-16(7-9-25)4-5-19-18(14-24)20(17(12-22)13-23)28-21(19,2)3/h5-9H,10-11H2,1-3H3.